The van der Waals surface area contributed by atoms with E-state index >= 15 is 0 Å². The van der Waals surface area contributed by atoms with Gasteiger partial charge < -0.3 is 14.7 Å². The van der Waals surface area contributed by atoms with Crippen LogP contribution in [0, 0.1) is 19.8 Å². The molecule has 1 N–H and O–H groups in total. The summed E-state index contributed by atoms with van der Waals surface area (Å²) < 4.78 is 5.13. The highest BCUT2D eigenvalue weighted by Crippen LogP contribution is 2.15. The Morgan fingerprint density at radius 1 is 1.50 bits per heavy atom. The minimum atomic E-state index is -0.0713. The Bertz CT molecular complexity index is 587. The molecule has 6 heteroatoms. The first kappa shape index (κ1) is 16.5. The number of nitrogens with zero attached hydrogens (tertiary/aromatic N) is 2. The Labute approximate surface area is 135 Å². The zero-order valence-electron chi connectivity index (χ0n) is 13.5. The van der Waals surface area contributed by atoms with Crippen LogP contribution in [-0.2, 0) is 13.0 Å². The third-order valence-electron chi connectivity index (χ3n) is 3.65. The number of amides is 2. The molecule has 1 atom stereocenters. The molecule has 0 spiro atoms. The molecule has 0 aliphatic heterocycles. The largest absolute Gasteiger partial charge is 0.361 e. The Morgan fingerprint density at radius 3 is 2.86 bits per heavy atom. The number of nitrogens with one attached hydrogen (secondary N) is 1. The fraction of sp³-hybridized carbons (Fsp3) is 0.500. The van der Waals surface area contributed by atoms with Gasteiger partial charge in [0.15, 0.2) is 0 Å². The van der Waals surface area contributed by atoms with E-state index in [-0.39, 0.29) is 6.03 Å². The Kier molecular flexibility index (Phi) is 5.60. The minimum absolute atomic E-state index is 0.0713. The second kappa shape index (κ2) is 7.45. The third-order valence-corrected chi connectivity index (χ3v) is 4.55. The lowest BCUT2D eigenvalue weighted by atomic mass is 10.1. The molecule has 2 aromatic heterocycles. The lowest BCUT2D eigenvalue weighted by molar-refractivity contribution is 0.205. The zero-order chi connectivity index (χ0) is 16.1. The van der Waals surface area contributed by atoms with Gasteiger partial charge in [-0.15, -0.1) is 11.3 Å². The highest BCUT2D eigenvalue weighted by Gasteiger charge is 2.16. The van der Waals surface area contributed by atoms with Crippen LogP contribution in [0.5, 0.6) is 0 Å². The van der Waals surface area contributed by atoms with Crippen molar-refractivity contribution < 1.29 is 9.32 Å². The summed E-state index contributed by atoms with van der Waals surface area (Å²) in [5.74, 6) is 1.18. The second-order valence-corrected chi connectivity index (χ2v) is 6.77. The van der Waals surface area contributed by atoms with E-state index in [1.54, 1.807) is 23.3 Å². The monoisotopic (exact) mass is 321 g/mol. The van der Waals surface area contributed by atoms with Gasteiger partial charge in [0.25, 0.3) is 0 Å². The number of rotatable bonds is 6. The lowest BCUT2D eigenvalue weighted by Gasteiger charge is -2.19. The van der Waals surface area contributed by atoms with Crippen LogP contribution in [-0.4, -0.2) is 29.7 Å². The third kappa shape index (κ3) is 4.34. The number of urea groups is 1. The molecule has 0 saturated heterocycles. The van der Waals surface area contributed by atoms with Crippen LogP contribution < -0.4 is 5.32 Å². The normalized spacial score (nSPS) is 12.2. The van der Waals surface area contributed by atoms with Crippen molar-refractivity contribution in [2.75, 3.05) is 13.6 Å². The highest BCUT2D eigenvalue weighted by molar-refractivity contribution is 7.09. The van der Waals surface area contributed by atoms with E-state index in [1.165, 1.54) is 4.88 Å². The van der Waals surface area contributed by atoms with E-state index in [4.69, 9.17) is 4.52 Å². The van der Waals surface area contributed by atoms with E-state index in [9.17, 15) is 4.79 Å². The van der Waals surface area contributed by atoms with E-state index in [0.717, 1.165) is 23.4 Å². The highest BCUT2D eigenvalue weighted by atomic mass is 32.1. The Balaban J connectivity index is 1.79. The summed E-state index contributed by atoms with van der Waals surface area (Å²) in [5.41, 5.74) is 1.81. The molecule has 2 amide bonds. The van der Waals surface area contributed by atoms with Crippen molar-refractivity contribution >= 4 is 17.4 Å². The molecule has 2 aromatic rings. The molecule has 0 fully saturated rings. The summed E-state index contributed by atoms with van der Waals surface area (Å²) in [6, 6.07) is 4.12. The van der Waals surface area contributed by atoms with Crippen molar-refractivity contribution in [3.63, 3.8) is 0 Å². The molecule has 5 nitrogen and oxygen atoms in total. The summed E-state index contributed by atoms with van der Waals surface area (Å²) in [7, 11) is 1.78. The molecule has 2 rings (SSSR count). The van der Waals surface area contributed by atoms with Gasteiger partial charge in [-0.2, -0.15) is 0 Å². The predicted octanol–water partition coefficient (Wildman–Crippen LogP) is 3.37. The standard InChI is InChI=1S/C16H23N3O2S/c1-11(8-14-6-5-7-22-14)9-17-16(20)19(4)10-15-12(2)18-21-13(15)3/h5-7,11H,8-10H2,1-4H3,(H,17,20)/t11-/m0/s1. The van der Waals surface area contributed by atoms with Gasteiger partial charge in [0.1, 0.15) is 5.76 Å². The number of carbonyl (C=O) groups excluding carboxylic acids is 1. The smallest absolute Gasteiger partial charge is 0.317 e. The minimum Gasteiger partial charge on any atom is -0.361 e. The number of thiophene rings is 1. The molecule has 0 radical (unpaired) electrons. The van der Waals surface area contributed by atoms with Crippen molar-refractivity contribution in [1.29, 1.82) is 0 Å². The van der Waals surface area contributed by atoms with E-state index in [2.05, 4.69) is 34.9 Å². The maximum absolute atomic E-state index is 12.2. The lowest BCUT2D eigenvalue weighted by Crippen LogP contribution is -2.39. The van der Waals surface area contributed by atoms with Gasteiger partial charge in [0, 0.05) is 24.0 Å². The van der Waals surface area contributed by atoms with Crippen LogP contribution in [0.2, 0.25) is 0 Å². The molecule has 0 aliphatic carbocycles. The molecule has 120 valence electrons. The van der Waals surface area contributed by atoms with Gasteiger partial charge in [-0.3, -0.25) is 0 Å². The molecule has 0 saturated carbocycles. The number of aromatic nitrogens is 1. The van der Waals surface area contributed by atoms with Gasteiger partial charge in [-0.1, -0.05) is 18.1 Å². The predicted molar refractivity (Wildman–Crippen MR) is 88.0 cm³/mol. The number of hydrogen-bond donors (Lipinski definition) is 1. The van der Waals surface area contributed by atoms with Gasteiger partial charge in [0.2, 0.25) is 0 Å². The van der Waals surface area contributed by atoms with Gasteiger partial charge in [0.05, 0.1) is 12.2 Å². The average Bonchev–Trinajstić information content (AvgIpc) is 3.09. The quantitative estimate of drug-likeness (QED) is 0.887. The van der Waals surface area contributed by atoms with Crippen LogP contribution in [0.1, 0.15) is 28.8 Å². The molecule has 0 aromatic carbocycles. The summed E-state index contributed by atoms with van der Waals surface area (Å²) >= 11 is 1.76. The molecule has 2 heterocycles. The first-order valence-electron chi connectivity index (χ1n) is 7.40. The van der Waals surface area contributed by atoms with Crippen LogP contribution >= 0.6 is 11.3 Å². The van der Waals surface area contributed by atoms with E-state index in [1.807, 2.05) is 13.8 Å². The molecule has 0 bridgehead atoms. The van der Waals surface area contributed by atoms with Crippen molar-refractivity contribution in [3.8, 4) is 0 Å². The average molecular weight is 321 g/mol. The number of carbonyl (C=O) groups is 1. The van der Waals surface area contributed by atoms with Crippen LogP contribution in [0.25, 0.3) is 0 Å². The van der Waals surface area contributed by atoms with Crippen molar-refractivity contribution in [1.82, 2.24) is 15.4 Å². The van der Waals surface area contributed by atoms with Crippen LogP contribution in [0.15, 0.2) is 22.0 Å². The molecule has 0 unspecified atom stereocenters. The zero-order valence-corrected chi connectivity index (χ0v) is 14.4. The first-order chi connectivity index (χ1) is 10.5. The summed E-state index contributed by atoms with van der Waals surface area (Å²) in [6.07, 6.45) is 0.992. The summed E-state index contributed by atoms with van der Waals surface area (Å²) in [5, 5.41) is 8.98. The van der Waals surface area contributed by atoms with E-state index in [0.29, 0.717) is 19.0 Å². The van der Waals surface area contributed by atoms with Crippen molar-refractivity contribution in [3.05, 3.63) is 39.4 Å². The van der Waals surface area contributed by atoms with Gasteiger partial charge in [-0.05, 0) is 37.6 Å². The van der Waals surface area contributed by atoms with Crippen LogP contribution in [0.3, 0.4) is 0 Å². The van der Waals surface area contributed by atoms with Gasteiger partial charge >= 0.3 is 6.03 Å². The van der Waals surface area contributed by atoms with Crippen molar-refractivity contribution in [2.45, 2.75) is 33.7 Å². The molecular formula is C16H23N3O2S. The fourth-order valence-electron chi connectivity index (χ4n) is 2.28. The van der Waals surface area contributed by atoms with Crippen molar-refractivity contribution in [2.24, 2.45) is 5.92 Å². The van der Waals surface area contributed by atoms with Gasteiger partial charge in [-0.25, -0.2) is 4.79 Å². The maximum atomic E-state index is 12.2. The number of aryl methyl sites for hydroxylation is 2. The summed E-state index contributed by atoms with van der Waals surface area (Å²) in [6.45, 7) is 7.08. The van der Waals surface area contributed by atoms with E-state index < -0.39 is 0 Å². The first-order valence-corrected chi connectivity index (χ1v) is 8.28. The molecule has 0 aliphatic rings. The Morgan fingerprint density at radius 2 is 2.27 bits per heavy atom. The fourth-order valence-corrected chi connectivity index (χ4v) is 3.15. The molecule has 22 heavy (non-hydrogen) atoms. The number of hydrogen-bond acceptors (Lipinski definition) is 4. The molecular weight excluding hydrogens is 298 g/mol. The SMILES string of the molecule is Cc1noc(C)c1CN(C)C(=O)NC[C@@H](C)Cc1cccs1. The Hall–Kier alpha value is -1.82. The second-order valence-electron chi connectivity index (χ2n) is 5.73. The topological polar surface area (TPSA) is 58.4 Å². The van der Waals surface area contributed by atoms with Crippen LogP contribution in [0.4, 0.5) is 4.79 Å². The summed E-state index contributed by atoms with van der Waals surface area (Å²) in [4.78, 5) is 15.2. The maximum Gasteiger partial charge on any atom is 0.317 e.